The molecule has 0 bridgehead atoms. The van der Waals surface area contributed by atoms with Crippen LogP contribution in [0.3, 0.4) is 0 Å². The number of rotatable bonds is 1. The molecular formula is C10H16O. The third-order valence-corrected chi connectivity index (χ3v) is 2.44. The lowest BCUT2D eigenvalue weighted by Gasteiger charge is -2.31. The smallest absolute Gasteiger partial charge is 0.0727 e. The summed E-state index contributed by atoms with van der Waals surface area (Å²) in [5.74, 6) is 0. The van der Waals surface area contributed by atoms with Crippen molar-refractivity contribution < 1.29 is 5.11 Å². The van der Waals surface area contributed by atoms with Gasteiger partial charge in [0.15, 0.2) is 0 Å². The van der Waals surface area contributed by atoms with E-state index in [9.17, 15) is 5.11 Å². The Kier molecular flexibility index (Phi) is 2.19. The summed E-state index contributed by atoms with van der Waals surface area (Å²) in [6, 6.07) is 0. The zero-order chi connectivity index (χ0) is 8.48. The molecule has 1 atom stereocenters. The first-order chi connectivity index (χ1) is 5.06. The second-order valence-corrected chi connectivity index (χ2v) is 3.82. The maximum atomic E-state index is 9.32. The molecule has 62 valence electrons. The van der Waals surface area contributed by atoms with Gasteiger partial charge in [-0.05, 0) is 23.8 Å². The average molecular weight is 152 g/mol. The molecule has 0 fully saturated rings. The second-order valence-electron chi connectivity index (χ2n) is 3.82. The standard InChI is InChI=1S/C10H16O/c1-4-8-7-9(11)5-6-10(8,2)3/h4,7,9,11H,1,5-6H2,2-3H3. The van der Waals surface area contributed by atoms with E-state index in [4.69, 9.17) is 0 Å². The Morgan fingerprint density at radius 2 is 2.36 bits per heavy atom. The summed E-state index contributed by atoms with van der Waals surface area (Å²) in [5.41, 5.74) is 1.39. The van der Waals surface area contributed by atoms with Gasteiger partial charge in [-0.1, -0.05) is 32.6 Å². The van der Waals surface area contributed by atoms with Gasteiger partial charge < -0.3 is 5.11 Å². The highest BCUT2D eigenvalue weighted by Crippen LogP contribution is 2.36. The van der Waals surface area contributed by atoms with E-state index in [0.29, 0.717) is 0 Å². The minimum Gasteiger partial charge on any atom is -0.389 e. The van der Waals surface area contributed by atoms with Crippen LogP contribution in [0, 0.1) is 5.41 Å². The lowest BCUT2D eigenvalue weighted by molar-refractivity contribution is 0.176. The highest BCUT2D eigenvalue weighted by atomic mass is 16.3. The van der Waals surface area contributed by atoms with E-state index in [-0.39, 0.29) is 11.5 Å². The second kappa shape index (κ2) is 2.82. The zero-order valence-electron chi connectivity index (χ0n) is 7.30. The van der Waals surface area contributed by atoms with Crippen LogP contribution >= 0.6 is 0 Å². The van der Waals surface area contributed by atoms with Crippen LogP contribution in [0.2, 0.25) is 0 Å². The van der Waals surface area contributed by atoms with Gasteiger partial charge in [0, 0.05) is 0 Å². The van der Waals surface area contributed by atoms with E-state index >= 15 is 0 Å². The van der Waals surface area contributed by atoms with Crippen molar-refractivity contribution in [2.24, 2.45) is 5.41 Å². The van der Waals surface area contributed by atoms with Crippen molar-refractivity contribution in [3.05, 3.63) is 24.3 Å². The number of hydrogen-bond acceptors (Lipinski definition) is 1. The molecule has 1 unspecified atom stereocenters. The van der Waals surface area contributed by atoms with Crippen LogP contribution in [0.4, 0.5) is 0 Å². The maximum Gasteiger partial charge on any atom is 0.0727 e. The van der Waals surface area contributed by atoms with E-state index in [0.717, 1.165) is 12.8 Å². The Labute approximate surface area is 68.4 Å². The van der Waals surface area contributed by atoms with Gasteiger partial charge in [0.1, 0.15) is 0 Å². The number of aliphatic hydroxyl groups is 1. The lowest BCUT2D eigenvalue weighted by atomic mass is 9.75. The number of aliphatic hydroxyl groups excluding tert-OH is 1. The molecule has 0 amide bonds. The molecule has 1 N–H and O–H groups in total. The van der Waals surface area contributed by atoms with Gasteiger partial charge in [0.25, 0.3) is 0 Å². The Morgan fingerprint density at radius 3 is 2.82 bits per heavy atom. The minimum atomic E-state index is -0.254. The summed E-state index contributed by atoms with van der Waals surface area (Å²) in [5, 5.41) is 9.32. The van der Waals surface area contributed by atoms with Crippen LogP contribution in [0.15, 0.2) is 24.3 Å². The van der Waals surface area contributed by atoms with Gasteiger partial charge >= 0.3 is 0 Å². The van der Waals surface area contributed by atoms with E-state index in [1.165, 1.54) is 5.57 Å². The average Bonchev–Trinajstić information content (AvgIpc) is 1.94. The summed E-state index contributed by atoms with van der Waals surface area (Å²) < 4.78 is 0. The fraction of sp³-hybridized carbons (Fsp3) is 0.600. The predicted octanol–water partition coefficient (Wildman–Crippen LogP) is 2.28. The first kappa shape index (κ1) is 8.54. The van der Waals surface area contributed by atoms with Crippen molar-refractivity contribution in [1.29, 1.82) is 0 Å². The highest BCUT2D eigenvalue weighted by molar-refractivity contribution is 5.27. The molecule has 0 aliphatic heterocycles. The summed E-state index contributed by atoms with van der Waals surface area (Å²) in [4.78, 5) is 0. The molecule has 0 spiro atoms. The van der Waals surface area contributed by atoms with Gasteiger partial charge in [-0.15, -0.1) is 0 Å². The normalized spacial score (nSPS) is 29.4. The fourth-order valence-corrected chi connectivity index (χ4v) is 1.51. The molecule has 11 heavy (non-hydrogen) atoms. The highest BCUT2D eigenvalue weighted by Gasteiger charge is 2.26. The number of allylic oxidation sites excluding steroid dienone is 2. The summed E-state index contributed by atoms with van der Waals surface area (Å²) in [6.07, 6.45) is 5.44. The van der Waals surface area contributed by atoms with Crippen LogP contribution in [0.1, 0.15) is 26.7 Å². The molecule has 0 saturated heterocycles. The van der Waals surface area contributed by atoms with Crippen LogP contribution in [-0.4, -0.2) is 11.2 Å². The summed E-state index contributed by atoms with van der Waals surface area (Å²) in [7, 11) is 0. The van der Waals surface area contributed by atoms with Gasteiger partial charge in [0.05, 0.1) is 6.10 Å². The first-order valence-corrected chi connectivity index (χ1v) is 4.09. The quantitative estimate of drug-likeness (QED) is 0.611. The van der Waals surface area contributed by atoms with E-state index in [2.05, 4.69) is 20.4 Å². The molecule has 1 rings (SSSR count). The minimum absolute atomic E-state index is 0.209. The molecule has 0 aromatic carbocycles. The van der Waals surface area contributed by atoms with Crippen molar-refractivity contribution in [2.75, 3.05) is 0 Å². The van der Waals surface area contributed by atoms with Crippen molar-refractivity contribution in [2.45, 2.75) is 32.8 Å². The van der Waals surface area contributed by atoms with Gasteiger partial charge in [-0.25, -0.2) is 0 Å². The molecule has 0 saturated carbocycles. The Balaban J connectivity index is 2.88. The SMILES string of the molecule is C=CC1=CC(O)CCC1(C)C. The molecule has 0 heterocycles. The molecular weight excluding hydrogens is 136 g/mol. The molecule has 0 radical (unpaired) electrons. The van der Waals surface area contributed by atoms with Crippen LogP contribution in [-0.2, 0) is 0 Å². The van der Waals surface area contributed by atoms with Gasteiger partial charge in [0.2, 0.25) is 0 Å². The van der Waals surface area contributed by atoms with Crippen molar-refractivity contribution in [3.63, 3.8) is 0 Å². The summed E-state index contributed by atoms with van der Waals surface area (Å²) in [6.45, 7) is 8.11. The van der Waals surface area contributed by atoms with E-state index in [1.807, 2.05) is 12.2 Å². The molecule has 1 nitrogen and oxygen atoms in total. The zero-order valence-corrected chi connectivity index (χ0v) is 7.30. The molecule has 1 heteroatoms. The Hall–Kier alpha value is -0.560. The third kappa shape index (κ3) is 1.72. The predicted molar refractivity (Wildman–Crippen MR) is 47.3 cm³/mol. The van der Waals surface area contributed by atoms with Crippen molar-refractivity contribution in [3.8, 4) is 0 Å². The van der Waals surface area contributed by atoms with Crippen LogP contribution in [0.5, 0.6) is 0 Å². The van der Waals surface area contributed by atoms with Crippen molar-refractivity contribution in [1.82, 2.24) is 0 Å². The van der Waals surface area contributed by atoms with Crippen LogP contribution < -0.4 is 0 Å². The number of hydrogen-bond donors (Lipinski definition) is 1. The molecule has 0 aromatic heterocycles. The molecule has 1 aliphatic rings. The van der Waals surface area contributed by atoms with Crippen molar-refractivity contribution >= 4 is 0 Å². The third-order valence-electron chi connectivity index (χ3n) is 2.44. The van der Waals surface area contributed by atoms with Gasteiger partial charge in [-0.3, -0.25) is 0 Å². The first-order valence-electron chi connectivity index (χ1n) is 4.09. The maximum absolute atomic E-state index is 9.32. The monoisotopic (exact) mass is 152 g/mol. The topological polar surface area (TPSA) is 20.2 Å². The van der Waals surface area contributed by atoms with Crippen LogP contribution in [0.25, 0.3) is 0 Å². The fourth-order valence-electron chi connectivity index (χ4n) is 1.51. The Bertz CT molecular complexity index is 189. The largest absolute Gasteiger partial charge is 0.389 e. The van der Waals surface area contributed by atoms with E-state index < -0.39 is 0 Å². The van der Waals surface area contributed by atoms with E-state index in [1.54, 1.807) is 0 Å². The van der Waals surface area contributed by atoms with Gasteiger partial charge in [-0.2, -0.15) is 0 Å². The lowest BCUT2D eigenvalue weighted by Crippen LogP contribution is -2.23. The summed E-state index contributed by atoms with van der Waals surface area (Å²) >= 11 is 0. The Morgan fingerprint density at radius 1 is 1.73 bits per heavy atom. The molecule has 1 aliphatic carbocycles. The molecule has 0 aromatic rings.